The van der Waals surface area contributed by atoms with Gasteiger partial charge in [0.1, 0.15) is 6.54 Å². The molecule has 0 bridgehead atoms. The lowest BCUT2D eigenvalue weighted by Crippen LogP contribution is -2.39. The van der Waals surface area contributed by atoms with E-state index in [-0.39, 0.29) is 12.5 Å². The first kappa shape index (κ1) is 21.2. The average molecular weight is 436 g/mol. The zero-order valence-electron chi connectivity index (χ0n) is 17.5. The Balaban J connectivity index is 1.35. The van der Waals surface area contributed by atoms with Gasteiger partial charge in [-0.1, -0.05) is 42.0 Å². The van der Waals surface area contributed by atoms with Gasteiger partial charge in [-0.05, 0) is 60.9 Å². The summed E-state index contributed by atoms with van der Waals surface area (Å²) in [7, 11) is 0. The van der Waals surface area contributed by atoms with E-state index in [0.29, 0.717) is 11.4 Å². The quantitative estimate of drug-likeness (QED) is 0.696. The maximum Gasteiger partial charge on any atom is 0.294 e. The van der Waals surface area contributed by atoms with Crippen molar-refractivity contribution in [1.29, 1.82) is 0 Å². The Morgan fingerprint density at radius 3 is 2.39 bits per heavy atom. The number of nitrogens with zero attached hydrogens (tertiary/aromatic N) is 2. The van der Waals surface area contributed by atoms with Crippen LogP contribution in [0.4, 0.5) is 10.5 Å². The molecule has 0 aliphatic carbocycles. The van der Waals surface area contributed by atoms with Gasteiger partial charge >= 0.3 is 0 Å². The third kappa shape index (κ3) is 5.17. The Kier molecular flexibility index (Phi) is 6.42. The number of carbonyl (C=O) groups is 3. The minimum atomic E-state index is -0.427. The molecule has 160 valence electrons. The number of thioether (sulfide) groups is 1. The maximum atomic E-state index is 12.7. The number of aryl methyl sites for hydroxylation is 1. The molecule has 6 nitrogen and oxygen atoms in total. The van der Waals surface area contributed by atoms with Crippen LogP contribution >= 0.6 is 11.8 Å². The molecule has 0 radical (unpaired) electrons. The number of carbonyl (C=O) groups excluding carboxylic acids is 3. The Hall–Kier alpha value is -3.06. The fraction of sp³-hybridized carbons (Fsp3) is 0.292. The summed E-state index contributed by atoms with van der Waals surface area (Å²) in [6.45, 7) is 4.22. The Morgan fingerprint density at radius 1 is 1.03 bits per heavy atom. The van der Waals surface area contributed by atoms with Crippen LogP contribution in [0.15, 0.2) is 53.4 Å². The lowest BCUT2D eigenvalue weighted by atomic mass is 10.1. The van der Waals surface area contributed by atoms with Gasteiger partial charge in [-0.25, -0.2) is 0 Å². The lowest BCUT2D eigenvalue weighted by molar-refractivity contribution is -0.129. The second-order valence-electron chi connectivity index (χ2n) is 7.82. The molecule has 0 unspecified atom stereocenters. The number of anilines is 1. The highest BCUT2D eigenvalue weighted by molar-refractivity contribution is 8.18. The van der Waals surface area contributed by atoms with E-state index in [4.69, 9.17) is 0 Å². The highest BCUT2D eigenvalue weighted by Gasteiger charge is 2.36. The summed E-state index contributed by atoms with van der Waals surface area (Å²) in [6.07, 6.45) is 4.14. The molecule has 2 aliphatic heterocycles. The predicted molar refractivity (Wildman–Crippen MR) is 124 cm³/mol. The van der Waals surface area contributed by atoms with Gasteiger partial charge < -0.3 is 10.2 Å². The zero-order valence-corrected chi connectivity index (χ0v) is 18.3. The third-order valence-electron chi connectivity index (χ3n) is 5.45. The molecular weight excluding hydrogens is 410 g/mol. The monoisotopic (exact) mass is 435 g/mol. The lowest BCUT2D eigenvalue weighted by Gasteiger charge is -2.17. The molecule has 0 atom stereocenters. The van der Waals surface area contributed by atoms with Crippen molar-refractivity contribution in [2.24, 2.45) is 0 Å². The molecule has 0 aromatic heterocycles. The van der Waals surface area contributed by atoms with Crippen LogP contribution < -0.4 is 10.2 Å². The molecular formula is C24H25N3O3S. The second-order valence-corrected chi connectivity index (χ2v) is 8.81. The van der Waals surface area contributed by atoms with E-state index in [9.17, 15) is 14.4 Å². The van der Waals surface area contributed by atoms with Gasteiger partial charge in [0, 0.05) is 25.3 Å². The van der Waals surface area contributed by atoms with Crippen molar-refractivity contribution in [2.45, 2.75) is 26.3 Å². The van der Waals surface area contributed by atoms with E-state index >= 15 is 0 Å². The number of hydrogen-bond acceptors (Lipinski definition) is 5. The number of rotatable bonds is 6. The van der Waals surface area contributed by atoms with E-state index in [2.05, 4.69) is 10.2 Å². The van der Waals surface area contributed by atoms with E-state index < -0.39 is 11.1 Å². The Labute approximate surface area is 186 Å². The van der Waals surface area contributed by atoms with Gasteiger partial charge in [0.2, 0.25) is 5.91 Å². The summed E-state index contributed by atoms with van der Waals surface area (Å²) < 4.78 is 0. The minimum Gasteiger partial charge on any atom is -0.372 e. The summed E-state index contributed by atoms with van der Waals surface area (Å²) >= 11 is 0.872. The van der Waals surface area contributed by atoms with Gasteiger partial charge in [0.25, 0.3) is 11.1 Å². The Bertz CT molecular complexity index is 1010. The van der Waals surface area contributed by atoms with Crippen molar-refractivity contribution in [3.8, 4) is 0 Å². The zero-order chi connectivity index (χ0) is 21.8. The number of imide groups is 1. The number of benzene rings is 2. The van der Waals surface area contributed by atoms with Crippen LogP contribution in [-0.2, 0) is 16.1 Å². The molecule has 1 N–H and O–H groups in total. The molecule has 2 heterocycles. The van der Waals surface area contributed by atoms with Gasteiger partial charge in [-0.2, -0.15) is 0 Å². The van der Waals surface area contributed by atoms with Crippen LogP contribution in [0.1, 0.15) is 29.5 Å². The molecule has 2 aromatic carbocycles. The smallest absolute Gasteiger partial charge is 0.294 e. The van der Waals surface area contributed by atoms with E-state index in [1.54, 1.807) is 6.08 Å². The number of amides is 3. The van der Waals surface area contributed by atoms with Crippen molar-refractivity contribution in [2.75, 3.05) is 24.5 Å². The van der Waals surface area contributed by atoms with Gasteiger partial charge in [-0.15, -0.1) is 0 Å². The summed E-state index contributed by atoms with van der Waals surface area (Å²) in [5.41, 5.74) is 4.14. The highest BCUT2D eigenvalue weighted by atomic mass is 32.2. The van der Waals surface area contributed by atoms with Crippen LogP contribution in [0, 0.1) is 6.92 Å². The molecule has 2 fully saturated rings. The topological polar surface area (TPSA) is 69.7 Å². The highest BCUT2D eigenvalue weighted by Crippen LogP contribution is 2.32. The first-order chi connectivity index (χ1) is 15.0. The second kappa shape index (κ2) is 9.39. The normalized spacial score (nSPS) is 17.6. The molecule has 4 rings (SSSR count). The molecule has 0 spiro atoms. The Morgan fingerprint density at radius 2 is 1.71 bits per heavy atom. The SMILES string of the molecule is Cc1ccc(CNC(=O)CN2C(=O)S/C(=C\c3ccc(N4CCCC4)cc3)C2=O)cc1. The van der Waals surface area contributed by atoms with Crippen LogP contribution in [0.2, 0.25) is 0 Å². The van der Waals surface area contributed by atoms with Crippen molar-refractivity contribution in [1.82, 2.24) is 10.2 Å². The molecule has 31 heavy (non-hydrogen) atoms. The molecule has 2 aliphatic rings. The van der Waals surface area contributed by atoms with Crippen molar-refractivity contribution >= 4 is 40.6 Å². The van der Waals surface area contributed by atoms with Gasteiger partial charge in [0.05, 0.1) is 4.91 Å². The summed E-state index contributed by atoms with van der Waals surface area (Å²) in [4.78, 5) is 40.9. The first-order valence-electron chi connectivity index (χ1n) is 10.4. The van der Waals surface area contributed by atoms with E-state index in [0.717, 1.165) is 46.4 Å². The summed E-state index contributed by atoms with van der Waals surface area (Å²) in [5, 5.41) is 2.34. The van der Waals surface area contributed by atoms with Crippen LogP contribution in [-0.4, -0.2) is 41.6 Å². The molecule has 3 amide bonds. The largest absolute Gasteiger partial charge is 0.372 e. The summed E-state index contributed by atoms with van der Waals surface area (Å²) in [5.74, 6) is -0.789. The average Bonchev–Trinajstić information content (AvgIpc) is 3.39. The van der Waals surface area contributed by atoms with Crippen molar-refractivity contribution in [3.05, 3.63) is 70.1 Å². The minimum absolute atomic E-state index is 0.276. The van der Waals surface area contributed by atoms with Gasteiger partial charge in [0.15, 0.2) is 0 Å². The van der Waals surface area contributed by atoms with E-state index in [1.165, 1.54) is 18.5 Å². The van der Waals surface area contributed by atoms with Crippen LogP contribution in [0.5, 0.6) is 0 Å². The molecule has 2 saturated heterocycles. The fourth-order valence-corrected chi connectivity index (χ4v) is 4.49. The van der Waals surface area contributed by atoms with E-state index in [1.807, 2.05) is 55.5 Å². The fourth-order valence-electron chi connectivity index (χ4n) is 3.65. The molecule has 0 saturated carbocycles. The predicted octanol–water partition coefficient (Wildman–Crippen LogP) is 3.95. The van der Waals surface area contributed by atoms with Crippen molar-refractivity contribution < 1.29 is 14.4 Å². The maximum absolute atomic E-state index is 12.7. The molecule has 7 heteroatoms. The van der Waals surface area contributed by atoms with Crippen molar-refractivity contribution in [3.63, 3.8) is 0 Å². The number of hydrogen-bond donors (Lipinski definition) is 1. The van der Waals surface area contributed by atoms with Crippen LogP contribution in [0.25, 0.3) is 6.08 Å². The standard InChI is InChI=1S/C24H25N3O3S/c1-17-4-6-19(7-5-17)15-25-22(28)16-27-23(29)21(31-24(27)30)14-18-8-10-20(11-9-18)26-12-2-3-13-26/h4-11,14H,2-3,12-13,15-16H2,1H3,(H,25,28)/b21-14-. The van der Waals surface area contributed by atoms with Gasteiger partial charge in [-0.3, -0.25) is 19.3 Å². The molecule has 2 aromatic rings. The number of nitrogens with one attached hydrogen (secondary N) is 1. The third-order valence-corrected chi connectivity index (χ3v) is 6.36. The first-order valence-corrected chi connectivity index (χ1v) is 11.2. The van der Waals surface area contributed by atoms with Crippen LogP contribution in [0.3, 0.4) is 0 Å². The summed E-state index contributed by atoms with van der Waals surface area (Å²) in [6, 6.07) is 15.8.